The number of carbonyl (C=O) groups excluding carboxylic acids is 1. The van der Waals surface area contributed by atoms with Gasteiger partial charge >= 0.3 is 12.0 Å². The van der Waals surface area contributed by atoms with Crippen molar-refractivity contribution in [2.45, 2.75) is 58.9 Å². The Balaban J connectivity index is 1.75. The molecule has 2 amide bonds. The minimum absolute atomic E-state index is 0.00399. The third-order valence-electron chi connectivity index (χ3n) is 6.14. The minimum Gasteiger partial charge on any atom is -0.493 e. The van der Waals surface area contributed by atoms with E-state index in [1.54, 1.807) is 12.0 Å². The number of methoxy groups -OCH3 is 1. The standard InChI is InChI=1S/C27H36N2O5/c1-4-6-7-15-34-25-18-23(11-12-24(25)33-3)29-14-8-13-28(27(29)32)19-22-10-9-20(17-26(30)31)16-21(22)5-2/h9-12,16,18H,4-8,13-15,17,19H2,1-3H3,(H,30,31). The molecule has 0 unspecified atom stereocenters. The van der Waals surface area contributed by atoms with Crippen molar-refractivity contribution < 1.29 is 24.2 Å². The van der Waals surface area contributed by atoms with Gasteiger partial charge in [-0.05, 0) is 48.1 Å². The molecule has 2 aromatic carbocycles. The number of unbranched alkanes of at least 4 members (excludes halogenated alkanes) is 2. The highest BCUT2D eigenvalue weighted by Crippen LogP contribution is 2.33. The maximum absolute atomic E-state index is 13.4. The lowest BCUT2D eigenvalue weighted by Gasteiger charge is -2.36. The van der Waals surface area contributed by atoms with Gasteiger partial charge in [0.25, 0.3) is 0 Å². The maximum Gasteiger partial charge on any atom is 0.324 e. The SMILES string of the molecule is CCCCCOc1cc(N2CCCN(Cc3ccc(CC(=O)O)cc3CC)C2=O)ccc1OC. The second-order valence-electron chi connectivity index (χ2n) is 8.63. The molecule has 0 spiro atoms. The monoisotopic (exact) mass is 468 g/mol. The number of rotatable bonds is 12. The van der Waals surface area contributed by atoms with Gasteiger partial charge in [-0.25, -0.2) is 4.79 Å². The Labute approximate surface area is 202 Å². The summed E-state index contributed by atoms with van der Waals surface area (Å²) in [6.07, 6.45) is 4.86. The van der Waals surface area contributed by atoms with E-state index < -0.39 is 5.97 Å². The number of urea groups is 1. The quantitative estimate of drug-likeness (QED) is 0.429. The van der Waals surface area contributed by atoms with Crippen LogP contribution < -0.4 is 14.4 Å². The summed E-state index contributed by atoms with van der Waals surface area (Å²) >= 11 is 0. The predicted octanol–water partition coefficient (Wildman–Crippen LogP) is 5.29. The Morgan fingerprint density at radius 1 is 1.03 bits per heavy atom. The van der Waals surface area contributed by atoms with Crippen LogP contribution in [0.15, 0.2) is 36.4 Å². The molecule has 34 heavy (non-hydrogen) atoms. The Bertz CT molecular complexity index is 991. The second kappa shape index (κ2) is 12.3. The van der Waals surface area contributed by atoms with E-state index in [0.29, 0.717) is 37.7 Å². The number of benzene rings is 2. The van der Waals surface area contributed by atoms with Crippen LogP contribution in [0.25, 0.3) is 0 Å². The van der Waals surface area contributed by atoms with Crippen molar-refractivity contribution in [2.24, 2.45) is 0 Å². The van der Waals surface area contributed by atoms with E-state index in [2.05, 4.69) is 6.92 Å². The van der Waals surface area contributed by atoms with E-state index in [0.717, 1.165) is 54.5 Å². The first-order valence-corrected chi connectivity index (χ1v) is 12.2. The van der Waals surface area contributed by atoms with Crippen LogP contribution in [0.2, 0.25) is 0 Å². The number of nitrogens with zero attached hydrogens (tertiary/aromatic N) is 2. The van der Waals surface area contributed by atoms with Crippen LogP contribution in [0.5, 0.6) is 11.5 Å². The highest BCUT2D eigenvalue weighted by Gasteiger charge is 2.28. The fourth-order valence-electron chi connectivity index (χ4n) is 4.30. The summed E-state index contributed by atoms with van der Waals surface area (Å²) in [5.41, 5.74) is 3.72. The van der Waals surface area contributed by atoms with Crippen molar-refractivity contribution in [3.8, 4) is 11.5 Å². The van der Waals surface area contributed by atoms with Crippen LogP contribution in [0.1, 0.15) is 56.2 Å². The molecule has 3 rings (SSSR count). The Morgan fingerprint density at radius 3 is 2.56 bits per heavy atom. The molecule has 1 N–H and O–H groups in total. The van der Waals surface area contributed by atoms with E-state index in [4.69, 9.17) is 14.6 Å². The van der Waals surface area contributed by atoms with Crippen molar-refractivity contribution in [3.63, 3.8) is 0 Å². The molecule has 0 atom stereocenters. The zero-order valence-corrected chi connectivity index (χ0v) is 20.5. The number of carbonyl (C=O) groups is 2. The lowest BCUT2D eigenvalue weighted by Crippen LogP contribution is -2.49. The minimum atomic E-state index is -0.843. The molecule has 0 aromatic heterocycles. The van der Waals surface area contributed by atoms with Gasteiger partial charge in [0.1, 0.15) is 0 Å². The average molecular weight is 469 g/mol. The molecule has 1 fully saturated rings. The number of hydrogen-bond acceptors (Lipinski definition) is 4. The Morgan fingerprint density at radius 2 is 1.85 bits per heavy atom. The van der Waals surface area contributed by atoms with Crippen LogP contribution in [-0.2, 0) is 24.2 Å². The number of ether oxygens (including phenoxy) is 2. The number of amides is 2. The number of carboxylic acid groups (broad SMARTS) is 1. The Kier molecular flexibility index (Phi) is 9.19. The normalized spacial score (nSPS) is 13.8. The molecule has 1 heterocycles. The molecule has 0 aliphatic carbocycles. The fourth-order valence-corrected chi connectivity index (χ4v) is 4.30. The second-order valence-corrected chi connectivity index (χ2v) is 8.63. The van der Waals surface area contributed by atoms with E-state index in [9.17, 15) is 9.59 Å². The zero-order chi connectivity index (χ0) is 24.5. The first-order valence-electron chi connectivity index (χ1n) is 12.2. The van der Waals surface area contributed by atoms with Crippen molar-refractivity contribution >= 4 is 17.7 Å². The summed E-state index contributed by atoms with van der Waals surface area (Å²) < 4.78 is 11.4. The van der Waals surface area contributed by atoms with Crippen molar-refractivity contribution in [3.05, 3.63) is 53.1 Å². The van der Waals surface area contributed by atoms with E-state index >= 15 is 0 Å². The molecular weight excluding hydrogens is 432 g/mol. The Hall–Kier alpha value is -3.22. The summed E-state index contributed by atoms with van der Waals surface area (Å²) in [7, 11) is 1.62. The molecular formula is C27H36N2O5. The summed E-state index contributed by atoms with van der Waals surface area (Å²) in [5.74, 6) is 0.476. The molecule has 7 nitrogen and oxygen atoms in total. The smallest absolute Gasteiger partial charge is 0.324 e. The molecule has 0 radical (unpaired) electrons. The van der Waals surface area contributed by atoms with Crippen molar-refractivity contribution in [2.75, 3.05) is 31.7 Å². The van der Waals surface area contributed by atoms with Crippen molar-refractivity contribution in [1.82, 2.24) is 4.90 Å². The number of aliphatic carboxylic acids is 1. The number of anilines is 1. The number of carboxylic acids is 1. The van der Waals surface area contributed by atoms with Crippen LogP contribution in [0.3, 0.4) is 0 Å². The third kappa shape index (κ3) is 6.43. The van der Waals surface area contributed by atoms with Gasteiger partial charge in [-0.15, -0.1) is 0 Å². The molecule has 7 heteroatoms. The molecule has 184 valence electrons. The van der Waals surface area contributed by atoms with Gasteiger partial charge in [0.2, 0.25) is 0 Å². The molecule has 0 saturated carbocycles. The maximum atomic E-state index is 13.4. The summed E-state index contributed by atoms with van der Waals surface area (Å²) in [6, 6.07) is 11.4. The molecule has 1 aliphatic heterocycles. The van der Waals surface area contributed by atoms with Gasteiger partial charge in [0.15, 0.2) is 11.5 Å². The average Bonchev–Trinajstić information content (AvgIpc) is 2.83. The lowest BCUT2D eigenvalue weighted by molar-refractivity contribution is -0.136. The van der Waals surface area contributed by atoms with Gasteiger partial charge in [0, 0.05) is 31.4 Å². The highest BCUT2D eigenvalue weighted by atomic mass is 16.5. The topological polar surface area (TPSA) is 79.3 Å². The molecule has 2 aromatic rings. The number of hydrogen-bond donors (Lipinski definition) is 1. The zero-order valence-electron chi connectivity index (χ0n) is 20.5. The first-order chi connectivity index (χ1) is 16.5. The van der Waals surface area contributed by atoms with E-state index in [-0.39, 0.29) is 12.5 Å². The van der Waals surface area contributed by atoms with Crippen LogP contribution in [-0.4, -0.2) is 48.8 Å². The number of aryl methyl sites for hydroxylation is 1. The summed E-state index contributed by atoms with van der Waals surface area (Å²) in [5, 5.41) is 9.08. The lowest BCUT2D eigenvalue weighted by atomic mass is 9.99. The predicted molar refractivity (Wildman–Crippen MR) is 133 cm³/mol. The van der Waals surface area contributed by atoms with Gasteiger partial charge in [-0.1, -0.05) is 44.9 Å². The molecule has 0 bridgehead atoms. The fraction of sp³-hybridized carbons (Fsp3) is 0.481. The molecule has 1 aliphatic rings. The van der Waals surface area contributed by atoms with Gasteiger partial charge in [-0.3, -0.25) is 9.69 Å². The third-order valence-corrected chi connectivity index (χ3v) is 6.14. The first kappa shape index (κ1) is 25.4. The van der Waals surface area contributed by atoms with Gasteiger partial charge in [0.05, 0.1) is 20.1 Å². The van der Waals surface area contributed by atoms with Crippen LogP contribution in [0.4, 0.5) is 10.5 Å². The van der Waals surface area contributed by atoms with Crippen LogP contribution >= 0.6 is 0 Å². The highest BCUT2D eigenvalue weighted by molar-refractivity contribution is 5.93. The summed E-state index contributed by atoms with van der Waals surface area (Å²) in [4.78, 5) is 28.1. The van der Waals surface area contributed by atoms with Crippen molar-refractivity contribution in [1.29, 1.82) is 0 Å². The van der Waals surface area contributed by atoms with Gasteiger partial charge in [-0.2, -0.15) is 0 Å². The largest absolute Gasteiger partial charge is 0.493 e. The van der Waals surface area contributed by atoms with E-state index in [1.807, 2.05) is 48.2 Å². The summed E-state index contributed by atoms with van der Waals surface area (Å²) in [6.45, 7) is 6.66. The van der Waals surface area contributed by atoms with Crippen LogP contribution in [0, 0.1) is 0 Å². The van der Waals surface area contributed by atoms with E-state index in [1.165, 1.54) is 0 Å². The van der Waals surface area contributed by atoms with Gasteiger partial charge < -0.3 is 19.5 Å². The molecule has 1 saturated heterocycles.